The number of amides is 2. The van der Waals surface area contributed by atoms with Crippen molar-refractivity contribution in [1.29, 1.82) is 5.26 Å². The molecule has 0 saturated heterocycles. The molecule has 0 aromatic heterocycles. The zero-order chi connectivity index (χ0) is 32.3. The zero-order valence-electron chi connectivity index (χ0n) is 26.1. The van der Waals surface area contributed by atoms with E-state index in [1.54, 1.807) is 52.0 Å². The summed E-state index contributed by atoms with van der Waals surface area (Å²) >= 11 is 0. The lowest BCUT2D eigenvalue weighted by Crippen LogP contribution is -2.53. The fourth-order valence-electron chi connectivity index (χ4n) is 4.95. The summed E-state index contributed by atoms with van der Waals surface area (Å²) in [6, 6.07) is 26.4. The van der Waals surface area contributed by atoms with E-state index in [9.17, 15) is 19.2 Å². The zero-order valence-corrected chi connectivity index (χ0v) is 26.1. The maximum atomic E-state index is 13.7. The second kappa shape index (κ2) is 15.1. The number of ether oxygens (including phenoxy) is 1. The Morgan fingerprint density at radius 3 is 1.55 bits per heavy atom. The number of aryl methyl sites for hydroxylation is 2. The molecule has 0 radical (unpaired) electrons. The van der Waals surface area contributed by atoms with Crippen molar-refractivity contribution in [1.82, 2.24) is 10.6 Å². The number of hydrogen-bond donors (Lipinski definition) is 2. The van der Waals surface area contributed by atoms with Gasteiger partial charge < -0.3 is 15.4 Å². The average molecular weight is 596 g/mol. The van der Waals surface area contributed by atoms with Crippen molar-refractivity contribution in [3.63, 3.8) is 0 Å². The molecule has 8 nitrogen and oxygen atoms in total. The molecular weight excluding hydrogens is 554 g/mol. The molecule has 2 amide bonds. The lowest BCUT2D eigenvalue weighted by atomic mass is 9.79. The molecule has 0 bridgehead atoms. The number of rotatable bonds is 13. The number of hydrogen-bond acceptors (Lipinski definition) is 6. The van der Waals surface area contributed by atoms with Crippen molar-refractivity contribution in [2.24, 2.45) is 10.8 Å². The Bertz CT molecular complexity index is 1480. The van der Waals surface area contributed by atoms with Crippen LogP contribution in [-0.4, -0.2) is 35.8 Å². The van der Waals surface area contributed by atoms with Crippen molar-refractivity contribution in [2.75, 3.05) is 0 Å². The number of carbonyl (C=O) groups excluding carboxylic acids is 4. The summed E-state index contributed by atoms with van der Waals surface area (Å²) in [7, 11) is 0. The van der Waals surface area contributed by atoms with E-state index in [4.69, 9.17) is 10.00 Å². The van der Waals surface area contributed by atoms with E-state index in [1.807, 2.05) is 66.7 Å². The molecule has 3 aromatic carbocycles. The maximum Gasteiger partial charge on any atom is 0.321 e. The first-order valence-electron chi connectivity index (χ1n) is 14.8. The van der Waals surface area contributed by atoms with E-state index < -0.39 is 40.8 Å². The van der Waals surface area contributed by atoms with Crippen LogP contribution in [0.3, 0.4) is 0 Å². The first-order chi connectivity index (χ1) is 20.8. The van der Waals surface area contributed by atoms with E-state index in [0.717, 1.165) is 11.1 Å². The molecule has 2 unspecified atom stereocenters. The van der Waals surface area contributed by atoms with Gasteiger partial charge in [-0.1, -0.05) is 60.7 Å². The number of carbonyl (C=O) groups is 4. The van der Waals surface area contributed by atoms with Crippen molar-refractivity contribution in [3.05, 3.63) is 107 Å². The van der Waals surface area contributed by atoms with Gasteiger partial charge in [0.15, 0.2) is 0 Å². The molecule has 0 aliphatic carbocycles. The van der Waals surface area contributed by atoms with Crippen molar-refractivity contribution in [2.45, 2.75) is 72.4 Å². The summed E-state index contributed by atoms with van der Waals surface area (Å²) in [6.45, 7) is 7.98. The van der Waals surface area contributed by atoms with Crippen LogP contribution < -0.4 is 10.6 Å². The van der Waals surface area contributed by atoms with Crippen LogP contribution in [0.2, 0.25) is 0 Å². The minimum absolute atomic E-state index is 0.290. The highest BCUT2D eigenvalue weighted by molar-refractivity contribution is 5.96. The van der Waals surface area contributed by atoms with E-state index in [-0.39, 0.29) is 5.91 Å². The van der Waals surface area contributed by atoms with Crippen molar-refractivity contribution >= 4 is 23.8 Å². The third kappa shape index (κ3) is 9.11. The molecule has 8 heteroatoms. The normalized spacial score (nSPS) is 12.7. The van der Waals surface area contributed by atoms with Gasteiger partial charge in [0.05, 0.1) is 22.5 Å². The van der Waals surface area contributed by atoms with Gasteiger partial charge in [0.2, 0.25) is 5.91 Å². The van der Waals surface area contributed by atoms with Crippen molar-refractivity contribution in [3.8, 4) is 6.07 Å². The SMILES string of the molecule is CC(=O)NC(CCc1ccccc1)C(C)(C)C(=O)OC(=O)C(C)(C)C(CCc1ccccc1)NC(=O)c1ccc(C#N)cc1. The smallest absolute Gasteiger partial charge is 0.321 e. The molecular formula is C36H41N3O5. The third-order valence-electron chi connectivity index (χ3n) is 8.07. The quantitative estimate of drug-likeness (QED) is 0.197. The minimum Gasteiger partial charge on any atom is -0.392 e. The fraction of sp³-hybridized carbons (Fsp3) is 0.361. The van der Waals surface area contributed by atoms with Gasteiger partial charge in [0.25, 0.3) is 5.91 Å². The summed E-state index contributed by atoms with van der Waals surface area (Å²) in [5, 5.41) is 14.9. The summed E-state index contributed by atoms with van der Waals surface area (Å²) in [5.74, 6) is -2.24. The lowest BCUT2D eigenvalue weighted by Gasteiger charge is -2.36. The molecule has 0 heterocycles. The highest BCUT2D eigenvalue weighted by Crippen LogP contribution is 2.31. The summed E-state index contributed by atoms with van der Waals surface area (Å²) in [4.78, 5) is 52.5. The van der Waals surface area contributed by atoms with Gasteiger partial charge in [0, 0.05) is 24.6 Å². The predicted octanol–water partition coefficient (Wildman–Crippen LogP) is 5.55. The largest absolute Gasteiger partial charge is 0.392 e. The van der Waals surface area contributed by atoms with Gasteiger partial charge in [-0.2, -0.15) is 5.26 Å². The minimum atomic E-state index is -1.30. The molecule has 0 aliphatic heterocycles. The van der Waals surface area contributed by atoms with Gasteiger partial charge >= 0.3 is 11.9 Å². The van der Waals surface area contributed by atoms with E-state index in [2.05, 4.69) is 10.6 Å². The Kier molecular flexibility index (Phi) is 11.6. The molecule has 2 N–H and O–H groups in total. The van der Waals surface area contributed by atoms with Crippen LogP contribution in [0.4, 0.5) is 0 Å². The molecule has 3 aromatic rings. The van der Waals surface area contributed by atoms with Crippen LogP contribution in [-0.2, 0) is 32.0 Å². The summed E-state index contributed by atoms with van der Waals surface area (Å²) < 4.78 is 5.53. The van der Waals surface area contributed by atoms with Gasteiger partial charge in [-0.05, 0) is 88.8 Å². The van der Waals surface area contributed by atoms with Crippen LogP contribution in [0.5, 0.6) is 0 Å². The number of esters is 2. The molecule has 0 aliphatic rings. The molecule has 2 atom stereocenters. The van der Waals surface area contributed by atoms with E-state index >= 15 is 0 Å². The molecule has 0 saturated carbocycles. The molecule has 0 fully saturated rings. The van der Waals surface area contributed by atoms with Crippen LogP contribution in [0.15, 0.2) is 84.9 Å². The van der Waals surface area contributed by atoms with Crippen molar-refractivity contribution < 1.29 is 23.9 Å². The lowest BCUT2D eigenvalue weighted by molar-refractivity contribution is -0.174. The maximum absolute atomic E-state index is 13.7. The van der Waals surface area contributed by atoms with E-state index in [0.29, 0.717) is 36.8 Å². The highest BCUT2D eigenvalue weighted by Gasteiger charge is 2.45. The van der Waals surface area contributed by atoms with Gasteiger partial charge in [-0.25, -0.2) is 0 Å². The predicted molar refractivity (Wildman–Crippen MR) is 168 cm³/mol. The second-order valence-corrected chi connectivity index (χ2v) is 12.1. The summed E-state index contributed by atoms with van der Waals surface area (Å²) in [5.41, 5.74) is 0.333. The molecule has 0 spiro atoms. The number of nitrogens with one attached hydrogen (secondary N) is 2. The Morgan fingerprint density at radius 2 is 1.14 bits per heavy atom. The first-order valence-corrected chi connectivity index (χ1v) is 14.8. The molecule has 44 heavy (non-hydrogen) atoms. The monoisotopic (exact) mass is 595 g/mol. The third-order valence-corrected chi connectivity index (χ3v) is 8.07. The molecule has 230 valence electrons. The van der Waals surface area contributed by atoms with Gasteiger partial charge in [-0.15, -0.1) is 0 Å². The Morgan fingerprint density at radius 1 is 0.705 bits per heavy atom. The van der Waals surface area contributed by atoms with Crippen LogP contribution in [0.25, 0.3) is 0 Å². The summed E-state index contributed by atoms with van der Waals surface area (Å²) in [6.07, 6.45) is 2.05. The number of nitriles is 1. The Hall–Kier alpha value is -4.77. The number of benzene rings is 3. The van der Waals surface area contributed by atoms with Crippen LogP contribution in [0.1, 0.15) is 74.5 Å². The fourth-order valence-corrected chi connectivity index (χ4v) is 4.95. The van der Waals surface area contributed by atoms with Gasteiger partial charge in [-0.3, -0.25) is 19.2 Å². The molecule has 3 rings (SSSR count). The van der Waals surface area contributed by atoms with Crippen LogP contribution in [0, 0.1) is 22.2 Å². The average Bonchev–Trinajstić information content (AvgIpc) is 3.01. The van der Waals surface area contributed by atoms with Gasteiger partial charge in [0.1, 0.15) is 0 Å². The Balaban J connectivity index is 1.80. The first kappa shape index (κ1) is 33.7. The second-order valence-electron chi connectivity index (χ2n) is 12.1. The standard InChI is InChI=1S/C36H41N3O5/c1-25(40)38-30(22-18-26-12-8-6-9-13-26)35(2,3)33(42)44-34(43)36(4,5)31(23-19-27-14-10-7-11-15-27)39-32(41)29-20-16-28(24-37)17-21-29/h6-17,20-21,30-31H,18-19,22-23H2,1-5H3,(H,38,40)(H,39,41). The van der Waals surface area contributed by atoms with Crippen LogP contribution >= 0.6 is 0 Å². The van der Waals surface area contributed by atoms with E-state index in [1.165, 1.54) is 6.92 Å². The number of nitrogens with zero attached hydrogens (tertiary/aromatic N) is 1. The topological polar surface area (TPSA) is 125 Å². The highest BCUT2D eigenvalue weighted by atomic mass is 16.6. The Labute approximate surface area is 259 Å².